The van der Waals surface area contributed by atoms with Crippen LogP contribution in [0.4, 0.5) is 0 Å². The number of rotatable bonds is 4. The van der Waals surface area contributed by atoms with Gasteiger partial charge in [-0.05, 0) is 18.9 Å². The first-order valence-corrected chi connectivity index (χ1v) is 4.44. The van der Waals surface area contributed by atoms with Crippen molar-refractivity contribution in [3.8, 4) is 0 Å². The second-order valence-electron chi connectivity index (χ2n) is 3.27. The van der Waals surface area contributed by atoms with Crippen molar-refractivity contribution in [3.63, 3.8) is 0 Å². The number of carbonyl (C=O) groups excluding carboxylic acids is 1. The van der Waals surface area contributed by atoms with E-state index in [-0.39, 0.29) is 19.1 Å². The molecule has 4 heteroatoms. The Kier molecular flexibility index (Phi) is 3.09. The Bertz CT molecular complexity index is 389. The summed E-state index contributed by atoms with van der Waals surface area (Å²) >= 11 is 0. The highest BCUT2D eigenvalue weighted by Gasteiger charge is 2.11. The Morgan fingerprint density at radius 2 is 2.07 bits per heavy atom. The van der Waals surface area contributed by atoms with Gasteiger partial charge >= 0.3 is 5.97 Å². The molecule has 80 valence electrons. The number of ketones is 1. The van der Waals surface area contributed by atoms with E-state index in [1.54, 1.807) is 24.3 Å². The molecule has 0 aliphatic rings. The van der Waals surface area contributed by atoms with E-state index >= 15 is 0 Å². The highest BCUT2D eigenvalue weighted by Crippen LogP contribution is 2.07. The van der Waals surface area contributed by atoms with Gasteiger partial charge in [0.2, 0.25) is 0 Å². The first kappa shape index (κ1) is 9.86. The molecule has 0 amide bonds. The minimum absolute atomic E-state index is 0.227. The SMILES string of the molecule is [2H]CC(=O)c1ccc(C[C@H](N)C(=O)O)cc1. The Morgan fingerprint density at radius 1 is 1.47 bits per heavy atom. The number of Topliss-reactive ketones (excluding diaryl/α,β-unsaturated/α-hetero) is 1. The molecule has 1 aromatic rings. The van der Waals surface area contributed by atoms with Crippen LogP contribution in [0.1, 0.15) is 24.2 Å². The Hall–Kier alpha value is -1.68. The fraction of sp³-hybridized carbons (Fsp3) is 0.273. The lowest BCUT2D eigenvalue weighted by atomic mass is 10.0. The van der Waals surface area contributed by atoms with Crippen LogP contribution >= 0.6 is 0 Å². The molecule has 1 rings (SSSR count). The number of benzene rings is 1. The number of nitrogens with two attached hydrogens (primary N) is 1. The second kappa shape index (κ2) is 4.70. The molecule has 15 heavy (non-hydrogen) atoms. The first-order valence-electron chi connectivity index (χ1n) is 5.15. The van der Waals surface area contributed by atoms with Crippen LogP contribution in [0.15, 0.2) is 24.3 Å². The molecule has 0 aliphatic carbocycles. The Labute approximate surface area is 89.1 Å². The van der Waals surface area contributed by atoms with Crippen molar-refractivity contribution in [1.82, 2.24) is 0 Å². The Balaban J connectivity index is 2.72. The average Bonchev–Trinajstić information content (AvgIpc) is 2.28. The van der Waals surface area contributed by atoms with Crippen molar-refractivity contribution in [3.05, 3.63) is 35.4 Å². The predicted molar refractivity (Wildman–Crippen MR) is 55.8 cm³/mol. The summed E-state index contributed by atoms with van der Waals surface area (Å²) in [6, 6.07) is 5.55. The largest absolute Gasteiger partial charge is 0.480 e. The molecule has 4 nitrogen and oxygen atoms in total. The zero-order valence-corrected chi connectivity index (χ0v) is 8.14. The van der Waals surface area contributed by atoms with Crippen molar-refractivity contribution in [1.29, 1.82) is 0 Å². The van der Waals surface area contributed by atoms with Gasteiger partial charge in [-0.1, -0.05) is 24.3 Å². The number of hydrogen-bond acceptors (Lipinski definition) is 3. The van der Waals surface area contributed by atoms with E-state index in [2.05, 4.69) is 0 Å². The van der Waals surface area contributed by atoms with Crippen LogP contribution in [0, 0.1) is 0 Å². The van der Waals surface area contributed by atoms with Crippen LogP contribution in [-0.2, 0) is 11.2 Å². The van der Waals surface area contributed by atoms with Crippen molar-refractivity contribution in [2.24, 2.45) is 5.73 Å². The summed E-state index contributed by atoms with van der Waals surface area (Å²) in [5, 5.41) is 8.62. The molecule has 0 unspecified atom stereocenters. The lowest BCUT2D eigenvalue weighted by Gasteiger charge is -2.06. The third kappa shape index (κ3) is 3.18. The molecule has 0 heterocycles. The summed E-state index contributed by atoms with van der Waals surface area (Å²) in [5.41, 5.74) is 6.60. The smallest absolute Gasteiger partial charge is 0.320 e. The fourth-order valence-corrected chi connectivity index (χ4v) is 1.17. The molecule has 0 spiro atoms. The zero-order valence-electron chi connectivity index (χ0n) is 9.14. The van der Waals surface area contributed by atoms with E-state index in [0.717, 1.165) is 5.56 Å². The first-order chi connectivity index (χ1) is 7.54. The number of carboxylic acid groups (broad SMARTS) is 1. The van der Waals surface area contributed by atoms with Crippen LogP contribution in [0.25, 0.3) is 0 Å². The topological polar surface area (TPSA) is 80.4 Å². The molecule has 0 saturated heterocycles. The summed E-state index contributed by atoms with van der Waals surface area (Å²) in [6.07, 6.45) is 0.227. The maximum absolute atomic E-state index is 11.1. The molecule has 0 aromatic heterocycles. The molecule has 0 saturated carbocycles. The third-order valence-corrected chi connectivity index (χ3v) is 2.05. The number of hydrogen-bond donors (Lipinski definition) is 2. The fourth-order valence-electron chi connectivity index (χ4n) is 1.17. The van der Waals surface area contributed by atoms with Crippen molar-refractivity contribution in [2.45, 2.75) is 19.4 Å². The van der Waals surface area contributed by atoms with Crippen LogP contribution in [0.2, 0.25) is 0 Å². The zero-order chi connectivity index (χ0) is 12.1. The third-order valence-electron chi connectivity index (χ3n) is 2.05. The normalized spacial score (nSPS) is 13.0. The summed E-state index contributed by atoms with van der Waals surface area (Å²) in [6.45, 7) is -0.284. The molecule has 3 N–H and O–H groups in total. The quantitative estimate of drug-likeness (QED) is 0.718. The van der Waals surface area contributed by atoms with Crippen LogP contribution in [-0.4, -0.2) is 22.9 Å². The standard InChI is InChI=1S/C11H13NO3/c1-7(13)9-4-2-8(3-5-9)6-10(12)11(14)15/h2-5,10H,6,12H2,1H3,(H,14,15)/t10-/m0/s1/i1D. The van der Waals surface area contributed by atoms with Gasteiger partial charge < -0.3 is 10.8 Å². The summed E-state index contributed by atoms with van der Waals surface area (Å²) in [4.78, 5) is 21.7. The van der Waals surface area contributed by atoms with Gasteiger partial charge in [0.25, 0.3) is 0 Å². The van der Waals surface area contributed by atoms with E-state index in [0.29, 0.717) is 5.56 Å². The van der Waals surface area contributed by atoms with Crippen molar-refractivity contribution in [2.75, 3.05) is 0 Å². The molecule has 1 aromatic carbocycles. The number of carbonyl (C=O) groups is 2. The van der Waals surface area contributed by atoms with Crippen LogP contribution in [0.3, 0.4) is 0 Å². The lowest BCUT2D eigenvalue weighted by Crippen LogP contribution is -2.32. The summed E-state index contributed by atoms with van der Waals surface area (Å²) in [5.74, 6) is -1.31. The van der Waals surface area contributed by atoms with Crippen molar-refractivity contribution < 1.29 is 16.1 Å². The van der Waals surface area contributed by atoms with Gasteiger partial charge in [-0.15, -0.1) is 0 Å². The van der Waals surface area contributed by atoms with Crippen LogP contribution in [0.5, 0.6) is 0 Å². The van der Waals surface area contributed by atoms with Gasteiger partial charge in [0.1, 0.15) is 6.04 Å². The Morgan fingerprint density at radius 3 is 2.53 bits per heavy atom. The summed E-state index contributed by atoms with van der Waals surface area (Å²) in [7, 11) is 0. The van der Waals surface area contributed by atoms with Gasteiger partial charge in [-0.3, -0.25) is 9.59 Å². The van der Waals surface area contributed by atoms with E-state index in [4.69, 9.17) is 12.2 Å². The van der Waals surface area contributed by atoms with E-state index in [1.165, 1.54) is 0 Å². The van der Waals surface area contributed by atoms with Gasteiger partial charge in [0.05, 0.1) is 0 Å². The molecule has 1 atom stereocenters. The molecule has 0 fully saturated rings. The maximum atomic E-state index is 11.1. The number of aliphatic carboxylic acids is 1. The molecule has 0 bridgehead atoms. The minimum atomic E-state index is -1.05. The van der Waals surface area contributed by atoms with Crippen LogP contribution < -0.4 is 5.73 Å². The average molecular weight is 208 g/mol. The van der Waals surface area contributed by atoms with E-state index < -0.39 is 12.0 Å². The lowest BCUT2D eigenvalue weighted by molar-refractivity contribution is -0.138. The number of carboxylic acids is 1. The van der Waals surface area contributed by atoms with Gasteiger partial charge in [-0.25, -0.2) is 0 Å². The van der Waals surface area contributed by atoms with Gasteiger partial charge in [0.15, 0.2) is 5.78 Å². The van der Waals surface area contributed by atoms with Crippen molar-refractivity contribution >= 4 is 11.8 Å². The predicted octanol–water partition coefficient (Wildman–Crippen LogP) is 0.844. The van der Waals surface area contributed by atoms with Gasteiger partial charge in [-0.2, -0.15) is 0 Å². The minimum Gasteiger partial charge on any atom is -0.480 e. The molecule has 0 aliphatic heterocycles. The monoisotopic (exact) mass is 208 g/mol. The second-order valence-corrected chi connectivity index (χ2v) is 3.27. The summed E-state index contributed by atoms with van der Waals surface area (Å²) < 4.78 is 6.92. The highest BCUT2D eigenvalue weighted by molar-refractivity contribution is 5.94. The molecular weight excluding hydrogens is 194 g/mol. The van der Waals surface area contributed by atoms with E-state index in [1.807, 2.05) is 0 Å². The van der Waals surface area contributed by atoms with Gasteiger partial charge in [0, 0.05) is 6.93 Å². The maximum Gasteiger partial charge on any atom is 0.320 e. The molecule has 0 radical (unpaired) electrons. The van der Waals surface area contributed by atoms with E-state index in [9.17, 15) is 9.59 Å². The molecular formula is C11H13NO3. The highest BCUT2D eigenvalue weighted by atomic mass is 16.4.